The number of nitrogens with one attached hydrogen (secondary N) is 1. The smallest absolute Gasteiger partial charge is 0.258 e. The van der Waals surface area contributed by atoms with Crippen LogP contribution in [0.4, 0.5) is 14.5 Å². The van der Waals surface area contributed by atoms with E-state index in [1.165, 1.54) is 41.3 Å². The van der Waals surface area contributed by atoms with E-state index < -0.39 is 17.5 Å². The van der Waals surface area contributed by atoms with Gasteiger partial charge in [0.15, 0.2) is 0 Å². The first-order valence-corrected chi connectivity index (χ1v) is 10.5. The van der Waals surface area contributed by atoms with E-state index >= 15 is 0 Å². The third kappa shape index (κ3) is 6.48. The Hall–Kier alpha value is -3.54. The number of hydrogen-bond acceptors (Lipinski definition) is 2. The van der Waals surface area contributed by atoms with Crippen LogP contribution in [0.25, 0.3) is 0 Å². The van der Waals surface area contributed by atoms with Crippen LogP contribution in [-0.2, 0) is 17.8 Å². The summed E-state index contributed by atoms with van der Waals surface area (Å²) in [6, 6.07) is 18.5. The number of rotatable bonds is 8. The molecule has 3 rings (SSSR count). The number of benzene rings is 3. The van der Waals surface area contributed by atoms with Crippen molar-refractivity contribution in [1.29, 1.82) is 0 Å². The van der Waals surface area contributed by atoms with E-state index in [0.29, 0.717) is 23.7 Å². The largest absolute Gasteiger partial charge is 0.356 e. The predicted octanol–water partition coefficient (Wildman–Crippen LogP) is 5.13. The molecule has 166 valence electrons. The van der Waals surface area contributed by atoms with Gasteiger partial charge in [0.2, 0.25) is 5.91 Å². The first kappa shape index (κ1) is 23.1. The lowest BCUT2D eigenvalue weighted by atomic mass is 10.1. The third-order valence-corrected chi connectivity index (χ3v) is 4.87. The maximum Gasteiger partial charge on any atom is 0.258 e. The Morgan fingerprint density at radius 2 is 1.53 bits per heavy atom. The van der Waals surface area contributed by atoms with Gasteiger partial charge < -0.3 is 10.2 Å². The van der Waals surface area contributed by atoms with Gasteiger partial charge in [0.25, 0.3) is 5.91 Å². The quantitative estimate of drug-likeness (QED) is 0.532. The number of hydrogen-bond donors (Lipinski definition) is 1. The van der Waals surface area contributed by atoms with Gasteiger partial charge in [-0.2, -0.15) is 0 Å². The van der Waals surface area contributed by atoms with E-state index in [1.807, 2.05) is 13.8 Å². The molecule has 0 unspecified atom stereocenters. The molecule has 1 N–H and O–H groups in total. The minimum Gasteiger partial charge on any atom is -0.356 e. The highest BCUT2D eigenvalue weighted by molar-refractivity contribution is 6.06. The molecule has 0 saturated heterocycles. The van der Waals surface area contributed by atoms with Crippen molar-refractivity contribution in [3.63, 3.8) is 0 Å². The van der Waals surface area contributed by atoms with Crippen molar-refractivity contribution >= 4 is 17.5 Å². The number of halogens is 2. The van der Waals surface area contributed by atoms with Crippen molar-refractivity contribution in [1.82, 2.24) is 5.32 Å². The van der Waals surface area contributed by atoms with Gasteiger partial charge in [-0.05, 0) is 59.5 Å². The molecule has 3 aromatic carbocycles. The van der Waals surface area contributed by atoms with Crippen LogP contribution >= 0.6 is 0 Å². The van der Waals surface area contributed by atoms with Crippen molar-refractivity contribution in [3.8, 4) is 0 Å². The van der Waals surface area contributed by atoms with Crippen LogP contribution in [0.2, 0.25) is 0 Å². The van der Waals surface area contributed by atoms with Crippen LogP contribution in [0.15, 0.2) is 72.8 Å². The SMILES string of the molecule is CC(C)CNC(=O)Cc1ccc(N(Cc2cccc(F)c2)C(=O)c2cccc(F)c2)cc1. The van der Waals surface area contributed by atoms with Gasteiger partial charge in [0, 0.05) is 17.8 Å². The highest BCUT2D eigenvalue weighted by atomic mass is 19.1. The lowest BCUT2D eigenvalue weighted by molar-refractivity contribution is -0.120. The molecule has 0 saturated carbocycles. The summed E-state index contributed by atoms with van der Waals surface area (Å²) >= 11 is 0. The zero-order chi connectivity index (χ0) is 23.1. The number of carbonyl (C=O) groups is 2. The van der Waals surface area contributed by atoms with E-state index in [0.717, 1.165) is 5.56 Å². The minimum absolute atomic E-state index is 0.0705. The van der Waals surface area contributed by atoms with Crippen LogP contribution in [-0.4, -0.2) is 18.4 Å². The molecule has 0 aliphatic carbocycles. The zero-order valence-corrected chi connectivity index (χ0v) is 18.1. The van der Waals surface area contributed by atoms with Gasteiger partial charge in [0.05, 0.1) is 13.0 Å². The Kier molecular flexibility index (Phi) is 7.71. The van der Waals surface area contributed by atoms with Crippen LogP contribution in [0.1, 0.15) is 35.3 Å². The fourth-order valence-corrected chi connectivity index (χ4v) is 3.24. The standard InChI is InChI=1S/C26H26F2N2O2/c1-18(2)16-29-25(31)14-19-9-11-24(12-10-19)30(17-20-5-3-7-22(27)13-20)26(32)21-6-4-8-23(28)15-21/h3-13,15,18H,14,16-17H2,1-2H3,(H,29,31). The first-order chi connectivity index (χ1) is 15.3. The Morgan fingerprint density at radius 3 is 2.16 bits per heavy atom. The zero-order valence-electron chi connectivity index (χ0n) is 18.1. The van der Waals surface area contributed by atoms with E-state index in [4.69, 9.17) is 0 Å². The molecule has 0 atom stereocenters. The topological polar surface area (TPSA) is 49.4 Å². The van der Waals surface area contributed by atoms with Gasteiger partial charge in [-0.25, -0.2) is 8.78 Å². The van der Waals surface area contributed by atoms with Gasteiger partial charge in [-0.1, -0.05) is 44.2 Å². The Balaban J connectivity index is 1.84. The van der Waals surface area contributed by atoms with Gasteiger partial charge in [-0.3, -0.25) is 9.59 Å². The molecule has 3 aromatic rings. The van der Waals surface area contributed by atoms with Gasteiger partial charge >= 0.3 is 0 Å². The fourth-order valence-electron chi connectivity index (χ4n) is 3.24. The monoisotopic (exact) mass is 436 g/mol. The fraction of sp³-hybridized carbons (Fsp3) is 0.231. The second kappa shape index (κ2) is 10.7. The lowest BCUT2D eigenvalue weighted by Crippen LogP contribution is -2.30. The molecular weight excluding hydrogens is 410 g/mol. The molecule has 0 heterocycles. The average molecular weight is 437 g/mol. The molecule has 6 heteroatoms. The lowest BCUT2D eigenvalue weighted by Gasteiger charge is -2.23. The minimum atomic E-state index is -0.510. The first-order valence-electron chi connectivity index (χ1n) is 10.5. The van der Waals surface area contributed by atoms with Crippen LogP contribution in [0, 0.1) is 17.6 Å². The molecule has 2 amide bonds. The predicted molar refractivity (Wildman–Crippen MR) is 121 cm³/mol. The van der Waals surface area contributed by atoms with Crippen molar-refractivity contribution < 1.29 is 18.4 Å². The van der Waals surface area contributed by atoms with E-state index in [1.54, 1.807) is 36.4 Å². The van der Waals surface area contributed by atoms with Crippen LogP contribution in [0.3, 0.4) is 0 Å². The highest BCUT2D eigenvalue weighted by Gasteiger charge is 2.19. The molecule has 0 aliphatic rings. The molecule has 0 bridgehead atoms. The summed E-state index contributed by atoms with van der Waals surface area (Å²) in [5.74, 6) is -1.02. The number of carbonyl (C=O) groups excluding carboxylic acids is 2. The Bertz CT molecular complexity index is 1080. The molecule has 32 heavy (non-hydrogen) atoms. The summed E-state index contributed by atoms with van der Waals surface area (Å²) in [4.78, 5) is 26.8. The third-order valence-electron chi connectivity index (χ3n) is 4.87. The van der Waals surface area contributed by atoms with E-state index in [2.05, 4.69) is 5.32 Å². The molecule has 0 radical (unpaired) electrons. The number of nitrogens with zero attached hydrogens (tertiary/aromatic N) is 1. The maximum atomic E-state index is 13.7. The molecule has 0 fully saturated rings. The van der Waals surface area contributed by atoms with E-state index in [9.17, 15) is 18.4 Å². The summed E-state index contributed by atoms with van der Waals surface area (Å²) in [7, 11) is 0. The second-order valence-corrected chi connectivity index (χ2v) is 8.07. The van der Waals surface area contributed by atoms with Crippen molar-refractivity contribution in [2.24, 2.45) is 5.92 Å². The van der Waals surface area contributed by atoms with Crippen LogP contribution < -0.4 is 10.2 Å². The highest BCUT2D eigenvalue weighted by Crippen LogP contribution is 2.22. The van der Waals surface area contributed by atoms with Gasteiger partial charge in [0.1, 0.15) is 11.6 Å². The van der Waals surface area contributed by atoms with Gasteiger partial charge in [-0.15, -0.1) is 0 Å². The number of anilines is 1. The molecule has 0 aromatic heterocycles. The van der Waals surface area contributed by atoms with E-state index in [-0.39, 0.29) is 24.4 Å². The average Bonchev–Trinajstić information content (AvgIpc) is 2.76. The number of amides is 2. The molecular formula is C26H26F2N2O2. The molecule has 4 nitrogen and oxygen atoms in total. The molecule has 0 spiro atoms. The summed E-state index contributed by atoms with van der Waals surface area (Å²) in [6.45, 7) is 4.78. The Morgan fingerprint density at radius 1 is 0.875 bits per heavy atom. The van der Waals surface area contributed by atoms with Crippen LogP contribution in [0.5, 0.6) is 0 Å². The summed E-state index contributed by atoms with van der Waals surface area (Å²) in [5, 5.41) is 2.88. The molecule has 0 aliphatic heterocycles. The normalized spacial score (nSPS) is 10.8. The van der Waals surface area contributed by atoms with Crippen molar-refractivity contribution in [2.45, 2.75) is 26.8 Å². The summed E-state index contributed by atoms with van der Waals surface area (Å²) < 4.78 is 27.4. The van der Waals surface area contributed by atoms with Crippen molar-refractivity contribution in [3.05, 3.63) is 101 Å². The second-order valence-electron chi connectivity index (χ2n) is 8.07. The Labute approximate surface area is 186 Å². The summed E-state index contributed by atoms with van der Waals surface area (Å²) in [5.41, 5.74) is 2.17. The maximum absolute atomic E-state index is 13.7. The van der Waals surface area contributed by atoms with Crippen molar-refractivity contribution in [2.75, 3.05) is 11.4 Å². The summed E-state index contributed by atoms with van der Waals surface area (Å²) in [6.07, 6.45) is 0.231.